The van der Waals surface area contributed by atoms with Crippen molar-refractivity contribution >= 4 is 17.6 Å². The zero-order valence-corrected chi connectivity index (χ0v) is 11.7. The first kappa shape index (κ1) is 15.4. The monoisotopic (exact) mass is 317 g/mol. The van der Waals surface area contributed by atoms with Crippen LogP contribution in [0.15, 0.2) is 30.3 Å². The molecule has 3 nitrogen and oxygen atoms in total. The van der Waals surface area contributed by atoms with Crippen LogP contribution in [0.2, 0.25) is 5.15 Å². The predicted molar refractivity (Wildman–Crippen MR) is 72.2 cm³/mol. The van der Waals surface area contributed by atoms with E-state index < -0.39 is 17.7 Å². The molecule has 112 valence electrons. The van der Waals surface area contributed by atoms with Crippen molar-refractivity contribution in [2.24, 2.45) is 0 Å². The molecular weight excluding hydrogens is 307 g/mol. The number of hydrogen-bond acceptors (Lipinski definition) is 2. The van der Waals surface area contributed by atoms with Gasteiger partial charge in [-0.3, -0.25) is 0 Å². The van der Waals surface area contributed by atoms with Gasteiger partial charge in [0.15, 0.2) is 0 Å². The van der Waals surface area contributed by atoms with Crippen LogP contribution in [-0.2, 0) is 10.9 Å². The third kappa shape index (κ3) is 3.21. The minimum absolute atomic E-state index is 0.00509. The lowest BCUT2D eigenvalue weighted by Crippen LogP contribution is -2.06. The Morgan fingerprint density at radius 1 is 1.33 bits per heavy atom. The van der Waals surface area contributed by atoms with Gasteiger partial charge in [-0.25, -0.2) is 4.79 Å². The van der Waals surface area contributed by atoms with Gasteiger partial charge in [0.2, 0.25) is 0 Å². The number of aromatic nitrogens is 1. The fourth-order valence-electron chi connectivity index (χ4n) is 1.90. The SMILES string of the molecule is CCOC(=O)c1cc(-c2ccccc2C(F)(F)F)[nH]c1Cl. The highest BCUT2D eigenvalue weighted by Gasteiger charge is 2.34. The molecule has 1 N–H and O–H groups in total. The Kier molecular flexibility index (Phi) is 4.27. The van der Waals surface area contributed by atoms with E-state index in [0.717, 1.165) is 6.07 Å². The molecule has 2 rings (SSSR count). The Morgan fingerprint density at radius 3 is 2.62 bits per heavy atom. The van der Waals surface area contributed by atoms with Crippen LogP contribution in [0.5, 0.6) is 0 Å². The van der Waals surface area contributed by atoms with Gasteiger partial charge in [-0.2, -0.15) is 13.2 Å². The first-order chi connectivity index (χ1) is 9.84. The van der Waals surface area contributed by atoms with E-state index in [4.69, 9.17) is 16.3 Å². The summed E-state index contributed by atoms with van der Waals surface area (Å²) in [5.41, 5.74) is -0.776. The van der Waals surface area contributed by atoms with Crippen LogP contribution in [-0.4, -0.2) is 17.6 Å². The Bertz CT molecular complexity index is 664. The number of carbonyl (C=O) groups excluding carboxylic acids is 1. The zero-order chi connectivity index (χ0) is 15.6. The summed E-state index contributed by atoms with van der Waals surface area (Å²) in [4.78, 5) is 14.2. The van der Waals surface area contributed by atoms with Gasteiger partial charge >= 0.3 is 12.1 Å². The highest BCUT2D eigenvalue weighted by atomic mass is 35.5. The molecule has 21 heavy (non-hydrogen) atoms. The van der Waals surface area contributed by atoms with Crippen LogP contribution >= 0.6 is 11.6 Å². The van der Waals surface area contributed by atoms with Crippen molar-refractivity contribution in [3.05, 3.63) is 46.6 Å². The van der Waals surface area contributed by atoms with Crippen molar-refractivity contribution in [2.45, 2.75) is 13.1 Å². The van der Waals surface area contributed by atoms with Gasteiger partial charge in [0.05, 0.1) is 17.7 Å². The summed E-state index contributed by atoms with van der Waals surface area (Å²) in [6.07, 6.45) is -4.50. The maximum absolute atomic E-state index is 13.0. The Morgan fingerprint density at radius 2 is 2.00 bits per heavy atom. The van der Waals surface area contributed by atoms with Crippen molar-refractivity contribution in [3.63, 3.8) is 0 Å². The van der Waals surface area contributed by atoms with Gasteiger partial charge in [0, 0.05) is 11.3 Å². The fraction of sp³-hybridized carbons (Fsp3) is 0.214. The van der Waals surface area contributed by atoms with E-state index in [1.54, 1.807) is 6.92 Å². The largest absolute Gasteiger partial charge is 0.462 e. The number of nitrogens with one attached hydrogen (secondary N) is 1. The summed E-state index contributed by atoms with van der Waals surface area (Å²) in [6.45, 7) is 1.77. The molecule has 0 spiro atoms. The van der Waals surface area contributed by atoms with Gasteiger partial charge in [0.25, 0.3) is 0 Å². The summed E-state index contributed by atoms with van der Waals surface area (Å²) in [5.74, 6) is -0.686. The molecule has 0 aliphatic rings. The normalized spacial score (nSPS) is 11.5. The summed E-state index contributed by atoms with van der Waals surface area (Å²) in [5, 5.41) is -0.0552. The third-order valence-corrected chi connectivity index (χ3v) is 3.09. The van der Waals surface area contributed by atoms with E-state index in [2.05, 4.69) is 4.98 Å². The second-order valence-corrected chi connectivity index (χ2v) is 4.55. The molecule has 1 aromatic carbocycles. The van der Waals surface area contributed by atoms with Gasteiger partial charge < -0.3 is 9.72 Å². The van der Waals surface area contributed by atoms with Crippen LogP contribution in [0.3, 0.4) is 0 Å². The summed E-state index contributed by atoms with van der Waals surface area (Å²) >= 11 is 5.85. The van der Waals surface area contributed by atoms with E-state index in [-0.39, 0.29) is 28.6 Å². The highest BCUT2D eigenvalue weighted by Crippen LogP contribution is 2.37. The smallest absolute Gasteiger partial charge is 0.417 e. The molecular formula is C14H11ClF3NO2. The Labute approximate surface area is 123 Å². The molecule has 0 aliphatic heterocycles. The lowest BCUT2D eigenvalue weighted by molar-refractivity contribution is -0.137. The second-order valence-electron chi connectivity index (χ2n) is 4.17. The van der Waals surface area contributed by atoms with Crippen LogP contribution in [0.25, 0.3) is 11.3 Å². The zero-order valence-electron chi connectivity index (χ0n) is 10.9. The van der Waals surface area contributed by atoms with E-state index >= 15 is 0 Å². The number of rotatable bonds is 3. The third-order valence-electron chi connectivity index (χ3n) is 2.79. The minimum Gasteiger partial charge on any atom is -0.462 e. The summed E-state index contributed by atoms with van der Waals surface area (Å²) < 4.78 is 43.7. The minimum atomic E-state index is -4.50. The van der Waals surface area contributed by atoms with Gasteiger partial charge in [-0.05, 0) is 19.1 Å². The molecule has 0 saturated carbocycles. The van der Waals surface area contributed by atoms with Gasteiger partial charge in [-0.15, -0.1) is 0 Å². The highest BCUT2D eigenvalue weighted by molar-refractivity contribution is 6.32. The number of halogens is 4. The van der Waals surface area contributed by atoms with Crippen molar-refractivity contribution in [2.75, 3.05) is 6.61 Å². The fourth-order valence-corrected chi connectivity index (χ4v) is 2.13. The molecule has 7 heteroatoms. The van der Waals surface area contributed by atoms with Crippen molar-refractivity contribution < 1.29 is 22.7 Å². The topological polar surface area (TPSA) is 42.1 Å². The predicted octanol–water partition coefficient (Wildman–Crippen LogP) is 4.53. The molecule has 0 aliphatic carbocycles. The lowest BCUT2D eigenvalue weighted by Gasteiger charge is -2.11. The number of H-pyrrole nitrogens is 1. The van der Waals surface area contributed by atoms with Crippen LogP contribution in [0.4, 0.5) is 13.2 Å². The van der Waals surface area contributed by atoms with Crippen molar-refractivity contribution in [1.82, 2.24) is 4.98 Å². The van der Waals surface area contributed by atoms with Crippen LogP contribution in [0, 0.1) is 0 Å². The molecule has 0 saturated heterocycles. The standard InChI is InChI=1S/C14H11ClF3NO2/c1-2-21-13(20)9-7-11(19-12(9)15)8-5-3-4-6-10(8)14(16,17)18/h3-7,19H,2H2,1H3. The number of carbonyl (C=O) groups is 1. The maximum atomic E-state index is 13.0. The number of esters is 1. The number of hydrogen-bond donors (Lipinski definition) is 1. The lowest BCUT2D eigenvalue weighted by atomic mass is 10.0. The van der Waals surface area contributed by atoms with E-state index in [0.29, 0.717) is 0 Å². The van der Waals surface area contributed by atoms with E-state index in [9.17, 15) is 18.0 Å². The first-order valence-electron chi connectivity index (χ1n) is 6.06. The molecule has 1 heterocycles. The molecule has 2 aromatic rings. The quantitative estimate of drug-likeness (QED) is 0.845. The van der Waals surface area contributed by atoms with Gasteiger partial charge in [0.1, 0.15) is 5.15 Å². The molecule has 0 amide bonds. The molecule has 0 unspecified atom stereocenters. The Hall–Kier alpha value is -1.95. The van der Waals surface area contributed by atoms with Crippen molar-refractivity contribution in [3.8, 4) is 11.3 Å². The van der Waals surface area contributed by atoms with Crippen molar-refractivity contribution in [1.29, 1.82) is 0 Å². The van der Waals surface area contributed by atoms with Crippen LogP contribution in [0.1, 0.15) is 22.8 Å². The average molecular weight is 318 g/mol. The molecule has 0 radical (unpaired) electrons. The summed E-state index contributed by atoms with van der Waals surface area (Å²) in [6, 6.07) is 6.30. The Balaban J connectivity index is 2.50. The van der Waals surface area contributed by atoms with Gasteiger partial charge in [-0.1, -0.05) is 29.8 Å². The molecule has 1 aromatic heterocycles. The molecule has 0 bridgehead atoms. The van der Waals surface area contributed by atoms with E-state index in [1.807, 2.05) is 0 Å². The first-order valence-corrected chi connectivity index (χ1v) is 6.44. The summed E-state index contributed by atoms with van der Waals surface area (Å²) in [7, 11) is 0. The maximum Gasteiger partial charge on any atom is 0.417 e. The molecule has 0 fully saturated rings. The number of ether oxygens (including phenoxy) is 1. The number of aromatic amines is 1. The molecule has 0 atom stereocenters. The number of alkyl halides is 3. The number of benzene rings is 1. The second kappa shape index (κ2) is 5.81. The van der Waals surface area contributed by atoms with E-state index in [1.165, 1.54) is 24.3 Å². The van der Waals surface area contributed by atoms with Crippen LogP contribution < -0.4 is 0 Å². The average Bonchev–Trinajstić information content (AvgIpc) is 2.80.